The van der Waals surface area contributed by atoms with Crippen molar-refractivity contribution in [1.82, 2.24) is 25.9 Å². The Balaban J connectivity index is 1.10. The summed E-state index contributed by atoms with van der Waals surface area (Å²) in [5.74, 6) is 1.86. The normalized spacial score (nSPS) is 19.6. The first kappa shape index (κ1) is 28.0. The Hall–Kier alpha value is -3.51. The van der Waals surface area contributed by atoms with Crippen molar-refractivity contribution < 1.29 is 23.5 Å². The first-order chi connectivity index (χ1) is 19.4. The van der Waals surface area contributed by atoms with E-state index in [9.17, 15) is 14.0 Å². The van der Waals surface area contributed by atoms with E-state index in [1.54, 1.807) is 18.2 Å². The molecule has 2 aliphatic heterocycles. The third kappa shape index (κ3) is 6.61. The van der Waals surface area contributed by atoms with Gasteiger partial charge in [0, 0.05) is 34.6 Å². The number of amides is 3. The van der Waals surface area contributed by atoms with Crippen molar-refractivity contribution in [3.8, 4) is 11.5 Å². The highest BCUT2D eigenvalue weighted by Gasteiger charge is 2.42. The summed E-state index contributed by atoms with van der Waals surface area (Å²) in [5.41, 5.74) is 1.20. The molecule has 0 radical (unpaired) electrons. The maximum Gasteiger partial charge on any atom is 0.315 e. The molecule has 0 saturated carbocycles. The van der Waals surface area contributed by atoms with Crippen LogP contribution in [0.4, 0.5) is 20.7 Å². The number of urea groups is 1. The zero-order valence-corrected chi connectivity index (χ0v) is 23.4. The number of thioether (sulfide) groups is 1. The van der Waals surface area contributed by atoms with Crippen LogP contribution in [0.1, 0.15) is 25.7 Å². The van der Waals surface area contributed by atoms with E-state index in [4.69, 9.17) is 21.1 Å². The molecule has 3 heterocycles. The van der Waals surface area contributed by atoms with Gasteiger partial charge >= 0.3 is 6.03 Å². The zero-order valence-electron chi connectivity index (χ0n) is 21.8. The molecule has 13 heteroatoms. The lowest BCUT2D eigenvalue weighted by Gasteiger charge is -2.16. The lowest BCUT2D eigenvalue weighted by Crippen LogP contribution is -2.36. The largest absolute Gasteiger partial charge is 0.493 e. The molecule has 2 saturated heterocycles. The van der Waals surface area contributed by atoms with Crippen LogP contribution in [-0.2, 0) is 4.79 Å². The SMILES string of the molecule is COc1cc2ncnc(Nc3ccc(F)c(Cl)c3)c2cc1OCCNC(=O)CCCCC1SCC2NC(=O)NC21. The lowest BCUT2D eigenvalue weighted by molar-refractivity contribution is -0.121. The molecular formula is C27H30ClFN6O4S. The van der Waals surface area contributed by atoms with E-state index in [1.165, 1.54) is 25.6 Å². The van der Waals surface area contributed by atoms with E-state index in [0.29, 0.717) is 52.1 Å². The number of anilines is 2. The van der Waals surface area contributed by atoms with Crippen molar-refractivity contribution in [2.24, 2.45) is 0 Å². The second kappa shape index (κ2) is 12.8. The number of nitrogens with zero attached hydrogens (tertiary/aromatic N) is 2. The predicted molar refractivity (Wildman–Crippen MR) is 153 cm³/mol. The monoisotopic (exact) mass is 588 g/mol. The average Bonchev–Trinajstić information content (AvgIpc) is 3.50. The van der Waals surface area contributed by atoms with E-state index in [0.717, 1.165) is 25.0 Å². The number of hydrogen-bond donors (Lipinski definition) is 4. The van der Waals surface area contributed by atoms with Gasteiger partial charge in [0.15, 0.2) is 11.5 Å². The van der Waals surface area contributed by atoms with Crippen molar-refractivity contribution >= 4 is 57.7 Å². The second-order valence-corrected chi connectivity index (χ2v) is 11.2. The van der Waals surface area contributed by atoms with Crippen LogP contribution < -0.4 is 30.7 Å². The summed E-state index contributed by atoms with van der Waals surface area (Å²) in [6.45, 7) is 0.580. The van der Waals surface area contributed by atoms with E-state index in [2.05, 4.69) is 31.2 Å². The fraction of sp³-hybridized carbons (Fsp3) is 0.407. The molecular weight excluding hydrogens is 559 g/mol. The van der Waals surface area contributed by atoms with Crippen LogP contribution in [0.25, 0.3) is 10.9 Å². The van der Waals surface area contributed by atoms with Gasteiger partial charge in [0.2, 0.25) is 5.91 Å². The number of nitrogens with one attached hydrogen (secondary N) is 4. The van der Waals surface area contributed by atoms with Crippen LogP contribution in [0, 0.1) is 5.82 Å². The van der Waals surface area contributed by atoms with Gasteiger partial charge < -0.3 is 30.7 Å². The average molecular weight is 589 g/mol. The molecule has 1 aromatic heterocycles. The number of aromatic nitrogens is 2. The summed E-state index contributed by atoms with van der Waals surface area (Å²) in [5, 5.41) is 13.0. The summed E-state index contributed by atoms with van der Waals surface area (Å²) in [7, 11) is 1.54. The van der Waals surface area contributed by atoms with Crippen LogP contribution >= 0.6 is 23.4 Å². The molecule has 2 aliphatic rings. The van der Waals surface area contributed by atoms with Crippen LogP contribution in [0.3, 0.4) is 0 Å². The summed E-state index contributed by atoms with van der Waals surface area (Å²) in [4.78, 5) is 32.5. The van der Waals surface area contributed by atoms with E-state index >= 15 is 0 Å². The molecule has 4 N–H and O–H groups in total. The summed E-state index contributed by atoms with van der Waals surface area (Å²) >= 11 is 7.79. The number of carbonyl (C=O) groups excluding carboxylic acids is 2. The fourth-order valence-electron chi connectivity index (χ4n) is 4.86. The van der Waals surface area contributed by atoms with E-state index in [-0.39, 0.29) is 35.7 Å². The minimum Gasteiger partial charge on any atom is -0.493 e. The first-order valence-electron chi connectivity index (χ1n) is 13.0. The van der Waals surface area contributed by atoms with Crippen molar-refractivity contribution in [3.05, 3.63) is 47.5 Å². The minimum absolute atomic E-state index is 0.00123. The molecule has 5 rings (SSSR count). The Morgan fingerprint density at radius 2 is 2.08 bits per heavy atom. The Morgan fingerprint density at radius 3 is 2.90 bits per heavy atom. The number of ether oxygens (including phenoxy) is 2. The molecule has 0 spiro atoms. The summed E-state index contributed by atoms with van der Waals surface area (Å²) in [6, 6.07) is 8.15. The van der Waals surface area contributed by atoms with Gasteiger partial charge in [-0.3, -0.25) is 4.79 Å². The molecule has 3 amide bonds. The highest BCUT2D eigenvalue weighted by molar-refractivity contribution is 8.00. The number of benzene rings is 2. The standard InChI is InChI=1S/C27H30ClFN6O4S/c1-38-21-12-19-16(26(32-14-31-19)33-15-6-7-18(29)17(28)10-15)11-22(21)39-9-8-30-24(36)5-3-2-4-23-25-20(13-40-23)34-27(37)35-25/h6-7,10-12,14,20,23,25H,2-5,8-9,13H2,1H3,(H,30,36)(H,31,32,33)(H2,34,35,37). The molecule has 0 aliphatic carbocycles. The highest BCUT2D eigenvalue weighted by atomic mass is 35.5. The molecule has 3 aromatic rings. The quantitative estimate of drug-likeness (QED) is 0.181. The van der Waals surface area contributed by atoms with Gasteiger partial charge in [0.25, 0.3) is 0 Å². The maximum atomic E-state index is 13.6. The molecule has 2 aromatic carbocycles. The predicted octanol–water partition coefficient (Wildman–Crippen LogP) is 4.40. The number of halogens is 2. The molecule has 10 nitrogen and oxygen atoms in total. The number of unbranched alkanes of at least 4 members (excludes halogenated alkanes) is 1. The summed E-state index contributed by atoms with van der Waals surface area (Å²) < 4.78 is 25.0. The van der Waals surface area contributed by atoms with Gasteiger partial charge in [-0.15, -0.1) is 0 Å². The van der Waals surface area contributed by atoms with Crippen LogP contribution in [0.15, 0.2) is 36.7 Å². The molecule has 3 atom stereocenters. The number of rotatable bonds is 12. The molecule has 0 bridgehead atoms. The molecule has 40 heavy (non-hydrogen) atoms. The Labute approximate surface area is 240 Å². The third-order valence-electron chi connectivity index (χ3n) is 6.87. The zero-order chi connectivity index (χ0) is 28.1. The summed E-state index contributed by atoms with van der Waals surface area (Å²) in [6.07, 6.45) is 4.54. The third-order valence-corrected chi connectivity index (χ3v) is 8.66. The van der Waals surface area contributed by atoms with Crippen molar-refractivity contribution in [3.63, 3.8) is 0 Å². The first-order valence-corrected chi connectivity index (χ1v) is 14.5. The van der Waals surface area contributed by atoms with Gasteiger partial charge in [-0.1, -0.05) is 18.0 Å². The van der Waals surface area contributed by atoms with Crippen LogP contribution in [0.2, 0.25) is 5.02 Å². The van der Waals surface area contributed by atoms with Gasteiger partial charge in [0.1, 0.15) is 24.6 Å². The van der Waals surface area contributed by atoms with Gasteiger partial charge in [-0.05, 0) is 37.1 Å². The van der Waals surface area contributed by atoms with Crippen molar-refractivity contribution in [2.45, 2.75) is 43.0 Å². The van der Waals surface area contributed by atoms with Crippen LogP contribution in [-0.4, -0.2) is 65.3 Å². The minimum atomic E-state index is -0.508. The second-order valence-electron chi connectivity index (χ2n) is 9.56. The van der Waals surface area contributed by atoms with Crippen molar-refractivity contribution in [2.75, 3.05) is 31.3 Å². The highest BCUT2D eigenvalue weighted by Crippen LogP contribution is 2.35. The van der Waals surface area contributed by atoms with Crippen molar-refractivity contribution in [1.29, 1.82) is 0 Å². The Bertz CT molecular complexity index is 1400. The Kier molecular flexibility index (Phi) is 8.95. The number of methoxy groups -OCH3 is 1. The topological polar surface area (TPSA) is 126 Å². The van der Waals surface area contributed by atoms with Gasteiger partial charge in [0.05, 0.1) is 36.3 Å². The molecule has 3 unspecified atom stereocenters. The van der Waals surface area contributed by atoms with Gasteiger partial charge in [-0.25, -0.2) is 19.2 Å². The Morgan fingerprint density at radius 1 is 1.20 bits per heavy atom. The molecule has 212 valence electrons. The number of carbonyl (C=O) groups is 2. The number of fused-ring (bicyclic) bond motifs is 2. The maximum absolute atomic E-state index is 13.6. The fourth-order valence-corrected chi connectivity index (χ4v) is 6.58. The smallest absolute Gasteiger partial charge is 0.315 e. The molecule has 2 fully saturated rings. The van der Waals surface area contributed by atoms with Crippen LogP contribution in [0.5, 0.6) is 11.5 Å². The van der Waals surface area contributed by atoms with E-state index < -0.39 is 5.82 Å². The van der Waals surface area contributed by atoms with Gasteiger partial charge in [-0.2, -0.15) is 11.8 Å². The van der Waals surface area contributed by atoms with E-state index in [1.807, 2.05) is 11.8 Å². The number of hydrogen-bond acceptors (Lipinski definition) is 8. The lowest BCUT2D eigenvalue weighted by atomic mass is 10.0.